The molecule has 5 heteroatoms. The molecule has 18 heavy (non-hydrogen) atoms. The summed E-state index contributed by atoms with van der Waals surface area (Å²) in [4.78, 5) is 18.6. The van der Waals surface area contributed by atoms with Crippen molar-refractivity contribution in [3.05, 3.63) is 18.2 Å². The Labute approximate surface area is 108 Å². The third-order valence-corrected chi connectivity index (χ3v) is 3.90. The maximum absolute atomic E-state index is 12.6. The van der Waals surface area contributed by atoms with E-state index in [4.69, 9.17) is 0 Å². The number of hydrogen-bond acceptors (Lipinski definition) is 3. The maximum atomic E-state index is 12.6. The molecule has 1 aromatic heterocycles. The average molecular weight is 250 g/mol. The second kappa shape index (κ2) is 5.10. The summed E-state index contributed by atoms with van der Waals surface area (Å²) in [5, 5.41) is 3.38. The summed E-state index contributed by atoms with van der Waals surface area (Å²) in [6.45, 7) is 3.58. The zero-order chi connectivity index (χ0) is 13.2. The van der Waals surface area contributed by atoms with Gasteiger partial charge in [-0.2, -0.15) is 0 Å². The molecule has 1 aliphatic heterocycles. The van der Waals surface area contributed by atoms with Crippen molar-refractivity contribution < 1.29 is 4.79 Å². The Balaban J connectivity index is 2.06. The SMILES string of the molecule is CCC1(C(=O)N(C)Cc2nccn2C)CCCN1. The highest BCUT2D eigenvalue weighted by atomic mass is 16.2. The van der Waals surface area contributed by atoms with Gasteiger partial charge in [0.25, 0.3) is 0 Å². The highest BCUT2D eigenvalue weighted by molar-refractivity contribution is 5.86. The molecule has 100 valence electrons. The maximum Gasteiger partial charge on any atom is 0.243 e. The number of carbonyl (C=O) groups excluding carboxylic acids is 1. The molecule has 0 bridgehead atoms. The fourth-order valence-corrected chi connectivity index (χ4v) is 2.64. The van der Waals surface area contributed by atoms with Gasteiger partial charge in [0.05, 0.1) is 12.1 Å². The van der Waals surface area contributed by atoms with Gasteiger partial charge in [0.1, 0.15) is 5.82 Å². The van der Waals surface area contributed by atoms with Gasteiger partial charge in [0.2, 0.25) is 5.91 Å². The normalized spacial score (nSPS) is 23.3. The fraction of sp³-hybridized carbons (Fsp3) is 0.692. The first-order valence-electron chi connectivity index (χ1n) is 6.56. The zero-order valence-corrected chi connectivity index (χ0v) is 11.4. The van der Waals surface area contributed by atoms with Crippen LogP contribution in [0.2, 0.25) is 0 Å². The molecule has 5 nitrogen and oxygen atoms in total. The standard InChI is InChI=1S/C13H22N4O/c1-4-13(6-5-7-15-13)12(18)17(3)10-11-14-8-9-16(11)2/h8-9,15H,4-7,10H2,1-3H3. The molecule has 1 aromatic rings. The Morgan fingerprint density at radius 2 is 2.44 bits per heavy atom. The van der Waals surface area contributed by atoms with Gasteiger partial charge in [-0.05, 0) is 25.8 Å². The van der Waals surface area contributed by atoms with E-state index in [1.807, 2.05) is 24.9 Å². The van der Waals surface area contributed by atoms with Crippen LogP contribution in [0.25, 0.3) is 0 Å². The third kappa shape index (κ3) is 2.27. The number of likely N-dealkylation sites (N-methyl/N-ethyl adjacent to an activating group) is 1. The van der Waals surface area contributed by atoms with Gasteiger partial charge in [0.15, 0.2) is 0 Å². The molecule has 0 aliphatic carbocycles. The number of hydrogen-bond donors (Lipinski definition) is 1. The van der Waals surface area contributed by atoms with Crippen LogP contribution in [0.5, 0.6) is 0 Å². The van der Waals surface area contributed by atoms with Crippen LogP contribution in [0.4, 0.5) is 0 Å². The minimum atomic E-state index is -0.347. The third-order valence-electron chi connectivity index (χ3n) is 3.90. The number of amides is 1. The lowest BCUT2D eigenvalue weighted by molar-refractivity contribution is -0.137. The Hall–Kier alpha value is -1.36. The average Bonchev–Trinajstić information content (AvgIpc) is 2.99. The second-order valence-electron chi connectivity index (χ2n) is 5.08. The molecule has 2 rings (SSSR count). The van der Waals surface area contributed by atoms with Crippen LogP contribution in [-0.2, 0) is 18.4 Å². The van der Waals surface area contributed by atoms with Crippen LogP contribution < -0.4 is 5.32 Å². The van der Waals surface area contributed by atoms with E-state index < -0.39 is 0 Å². The van der Waals surface area contributed by atoms with Crippen molar-refractivity contribution >= 4 is 5.91 Å². The number of aryl methyl sites for hydroxylation is 1. The molecule has 1 aliphatic rings. The summed E-state index contributed by atoms with van der Waals surface area (Å²) >= 11 is 0. The van der Waals surface area contributed by atoms with Gasteiger partial charge >= 0.3 is 0 Å². The molecule has 0 saturated carbocycles. The monoisotopic (exact) mass is 250 g/mol. The van der Waals surface area contributed by atoms with Crippen LogP contribution in [0.1, 0.15) is 32.0 Å². The van der Waals surface area contributed by atoms with Gasteiger partial charge in [0, 0.05) is 26.5 Å². The van der Waals surface area contributed by atoms with E-state index in [0.717, 1.165) is 31.6 Å². The van der Waals surface area contributed by atoms with Crippen molar-refractivity contribution in [3.8, 4) is 0 Å². The minimum absolute atomic E-state index is 0.186. The van der Waals surface area contributed by atoms with Gasteiger partial charge in [-0.3, -0.25) is 4.79 Å². The Morgan fingerprint density at radius 1 is 1.67 bits per heavy atom. The Bertz CT molecular complexity index is 420. The van der Waals surface area contributed by atoms with Crippen LogP contribution in [-0.4, -0.2) is 39.5 Å². The van der Waals surface area contributed by atoms with Crippen molar-refractivity contribution in [2.75, 3.05) is 13.6 Å². The fourth-order valence-electron chi connectivity index (χ4n) is 2.64. The lowest BCUT2D eigenvalue weighted by Crippen LogP contribution is -2.53. The van der Waals surface area contributed by atoms with Crippen molar-refractivity contribution in [3.63, 3.8) is 0 Å². The molecule has 2 heterocycles. The van der Waals surface area contributed by atoms with Crippen molar-refractivity contribution in [2.45, 2.75) is 38.3 Å². The number of imidazole rings is 1. The molecule has 1 fully saturated rings. The largest absolute Gasteiger partial charge is 0.337 e. The van der Waals surface area contributed by atoms with E-state index in [2.05, 4.69) is 17.2 Å². The molecule has 1 saturated heterocycles. The van der Waals surface area contributed by atoms with E-state index in [0.29, 0.717) is 6.54 Å². The van der Waals surface area contributed by atoms with E-state index in [-0.39, 0.29) is 11.4 Å². The first kappa shape index (κ1) is 13.1. The van der Waals surface area contributed by atoms with E-state index >= 15 is 0 Å². The zero-order valence-electron chi connectivity index (χ0n) is 11.4. The summed E-state index contributed by atoms with van der Waals surface area (Å²) in [6.07, 6.45) is 6.52. The number of nitrogens with one attached hydrogen (secondary N) is 1. The van der Waals surface area contributed by atoms with Gasteiger partial charge in [-0.25, -0.2) is 4.98 Å². The van der Waals surface area contributed by atoms with Crippen molar-refractivity contribution in [1.82, 2.24) is 19.8 Å². The highest BCUT2D eigenvalue weighted by Gasteiger charge is 2.40. The lowest BCUT2D eigenvalue weighted by Gasteiger charge is -2.31. The Morgan fingerprint density at radius 3 is 2.94 bits per heavy atom. The summed E-state index contributed by atoms with van der Waals surface area (Å²) in [5.41, 5.74) is -0.347. The number of rotatable bonds is 4. The summed E-state index contributed by atoms with van der Waals surface area (Å²) in [7, 11) is 3.80. The second-order valence-corrected chi connectivity index (χ2v) is 5.08. The molecule has 1 amide bonds. The van der Waals surface area contributed by atoms with E-state index in [9.17, 15) is 4.79 Å². The first-order chi connectivity index (χ1) is 8.59. The van der Waals surface area contributed by atoms with Crippen molar-refractivity contribution in [2.24, 2.45) is 7.05 Å². The molecule has 0 spiro atoms. The van der Waals surface area contributed by atoms with Crippen LogP contribution in [0, 0.1) is 0 Å². The molecule has 0 aromatic carbocycles. The van der Waals surface area contributed by atoms with Crippen LogP contribution in [0.15, 0.2) is 12.4 Å². The molecular weight excluding hydrogens is 228 g/mol. The molecule has 0 radical (unpaired) electrons. The smallest absolute Gasteiger partial charge is 0.243 e. The number of carbonyl (C=O) groups is 1. The quantitative estimate of drug-likeness (QED) is 0.864. The molecular formula is C13H22N4O. The van der Waals surface area contributed by atoms with Gasteiger partial charge < -0.3 is 14.8 Å². The van der Waals surface area contributed by atoms with Crippen molar-refractivity contribution in [1.29, 1.82) is 0 Å². The first-order valence-corrected chi connectivity index (χ1v) is 6.56. The van der Waals surface area contributed by atoms with E-state index in [1.165, 1.54) is 0 Å². The molecule has 1 unspecified atom stereocenters. The molecule has 1 atom stereocenters. The Kier molecular flexibility index (Phi) is 3.71. The summed E-state index contributed by atoms with van der Waals surface area (Å²) in [6, 6.07) is 0. The summed E-state index contributed by atoms with van der Waals surface area (Å²) < 4.78 is 1.95. The van der Waals surface area contributed by atoms with E-state index in [1.54, 1.807) is 11.1 Å². The van der Waals surface area contributed by atoms with Crippen LogP contribution >= 0.6 is 0 Å². The van der Waals surface area contributed by atoms with Gasteiger partial charge in [-0.15, -0.1) is 0 Å². The van der Waals surface area contributed by atoms with Crippen LogP contribution in [0.3, 0.4) is 0 Å². The molecule has 1 N–H and O–H groups in total. The summed E-state index contributed by atoms with van der Waals surface area (Å²) in [5.74, 6) is 1.10. The highest BCUT2D eigenvalue weighted by Crippen LogP contribution is 2.25. The van der Waals surface area contributed by atoms with Gasteiger partial charge in [-0.1, -0.05) is 6.92 Å². The predicted octanol–water partition coefficient (Wildman–Crippen LogP) is 0.911. The number of aromatic nitrogens is 2. The minimum Gasteiger partial charge on any atom is -0.337 e. The number of nitrogens with zero attached hydrogens (tertiary/aromatic N) is 3. The lowest BCUT2D eigenvalue weighted by atomic mass is 9.92. The topological polar surface area (TPSA) is 50.2 Å². The predicted molar refractivity (Wildman–Crippen MR) is 69.9 cm³/mol.